The normalized spacial score (nSPS) is 39.5. The second-order valence-corrected chi connectivity index (χ2v) is 4.57. The monoisotopic (exact) mass is 184 g/mol. The number of fused-ring (bicyclic) bond motifs is 3. The fraction of sp³-hybridized carbons (Fsp3) is 0.889. The molecule has 0 aromatic heterocycles. The van der Waals surface area contributed by atoms with Crippen LogP contribution in [-0.4, -0.2) is 11.2 Å². The average molecular weight is 184 g/mol. The van der Waals surface area contributed by atoms with E-state index in [9.17, 15) is 0 Å². The molecule has 0 amide bonds. The summed E-state index contributed by atoms with van der Waals surface area (Å²) in [6, 6.07) is 0.593. The number of nitrogens with two attached hydrogens (primary N) is 1. The van der Waals surface area contributed by atoms with Crippen molar-refractivity contribution < 1.29 is 0 Å². The summed E-state index contributed by atoms with van der Waals surface area (Å²) in [5.74, 6) is 1.79. The van der Waals surface area contributed by atoms with Gasteiger partial charge in [-0.25, -0.2) is 0 Å². The van der Waals surface area contributed by atoms with Gasteiger partial charge in [0.25, 0.3) is 0 Å². The van der Waals surface area contributed by atoms with Crippen molar-refractivity contribution in [2.75, 3.05) is 0 Å². The minimum absolute atomic E-state index is 0.479. The molecule has 0 aromatic rings. The molecule has 2 bridgehead atoms. The average Bonchev–Trinajstić information content (AvgIpc) is 2.05. The molecule has 0 radical (unpaired) electrons. The summed E-state index contributed by atoms with van der Waals surface area (Å²) in [5.41, 5.74) is 5.48. The molecule has 3 heteroatoms. The fourth-order valence-electron chi connectivity index (χ4n) is 2.74. The smallest absolute Gasteiger partial charge is 0.163 e. The van der Waals surface area contributed by atoms with E-state index >= 15 is 0 Å². The Labute approximate surface area is 78.9 Å². The van der Waals surface area contributed by atoms with Crippen LogP contribution in [0.2, 0.25) is 0 Å². The number of hydrogen-bond donors (Lipinski definition) is 2. The lowest BCUT2D eigenvalue weighted by atomic mass is 9.68. The van der Waals surface area contributed by atoms with E-state index < -0.39 is 0 Å². The first-order valence-electron chi connectivity index (χ1n) is 4.81. The first-order valence-corrected chi connectivity index (χ1v) is 5.22. The Morgan fingerprint density at radius 2 is 1.92 bits per heavy atom. The van der Waals surface area contributed by atoms with E-state index in [-0.39, 0.29) is 0 Å². The lowest BCUT2D eigenvalue weighted by Crippen LogP contribution is -2.48. The van der Waals surface area contributed by atoms with E-state index in [1.54, 1.807) is 0 Å². The predicted molar refractivity (Wildman–Crippen MR) is 53.8 cm³/mol. The maximum Gasteiger partial charge on any atom is 0.163 e. The van der Waals surface area contributed by atoms with Crippen LogP contribution in [0.4, 0.5) is 0 Å². The van der Waals surface area contributed by atoms with E-state index in [2.05, 4.69) is 5.32 Å². The van der Waals surface area contributed by atoms with Crippen molar-refractivity contribution >= 4 is 17.3 Å². The molecule has 68 valence electrons. The van der Waals surface area contributed by atoms with Crippen LogP contribution >= 0.6 is 12.2 Å². The number of rotatable bonds is 1. The maximum atomic E-state index is 5.48. The Hall–Kier alpha value is -0.310. The molecule has 1 atom stereocenters. The van der Waals surface area contributed by atoms with Gasteiger partial charge in [0.2, 0.25) is 0 Å². The van der Waals surface area contributed by atoms with Crippen LogP contribution in [0.5, 0.6) is 0 Å². The Kier molecular flexibility index (Phi) is 2.22. The van der Waals surface area contributed by atoms with Crippen molar-refractivity contribution in [3.8, 4) is 0 Å². The van der Waals surface area contributed by atoms with Gasteiger partial charge in [0.15, 0.2) is 5.11 Å². The second-order valence-electron chi connectivity index (χ2n) is 4.13. The van der Waals surface area contributed by atoms with Gasteiger partial charge in [-0.2, -0.15) is 0 Å². The van der Waals surface area contributed by atoms with E-state index in [1.807, 2.05) is 0 Å². The largest absolute Gasteiger partial charge is 0.376 e. The molecule has 0 spiro atoms. The molecule has 3 fully saturated rings. The van der Waals surface area contributed by atoms with Crippen molar-refractivity contribution in [2.45, 2.75) is 38.1 Å². The summed E-state index contributed by atoms with van der Waals surface area (Å²) in [5, 5.41) is 3.70. The summed E-state index contributed by atoms with van der Waals surface area (Å²) in [6.45, 7) is 0. The van der Waals surface area contributed by atoms with Gasteiger partial charge in [-0.3, -0.25) is 0 Å². The van der Waals surface area contributed by atoms with Crippen LogP contribution in [0.15, 0.2) is 0 Å². The van der Waals surface area contributed by atoms with Crippen LogP contribution in [-0.2, 0) is 0 Å². The fourth-order valence-corrected chi connectivity index (χ4v) is 2.89. The Morgan fingerprint density at radius 1 is 1.25 bits per heavy atom. The number of hydrogen-bond acceptors (Lipinski definition) is 1. The van der Waals surface area contributed by atoms with Crippen molar-refractivity contribution in [2.24, 2.45) is 17.6 Å². The SMILES string of the molecule is NC(=S)NC1CC2CCC1CC2. The van der Waals surface area contributed by atoms with E-state index in [4.69, 9.17) is 18.0 Å². The van der Waals surface area contributed by atoms with Crippen LogP contribution < -0.4 is 11.1 Å². The van der Waals surface area contributed by atoms with Crippen LogP contribution in [0, 0.1) is 11.8 Å². The quantitative estimate of drug-likeness (QED) is 0.605. The number of nitrogens with one attached hydrogen (secondary N) is 1. The molecule has 2 nitrogen and oxygen atoms in total. The second kappa shape index (κ2) is 3.21. The molecular weight excluding hydrogens is 168 g/mol. The minimum Gasteiger partial charge on any atom is -0.376 e. The summed E-state index contributed by atoms with van der Waals surface area (Å²) < 4.78 is 0. The zero-order valence-electron chi connectivity index (χ0n) is 7.25. The van der Waals surface area contributed by atoms with Crippen molar-refractivity contribution in [1.29, 1.82) is 0 Å². The highest BCUT2D eigenvalue weighted by molar-refractivity contribution is 7.80. The van der Waals surface area contributed by atoms with Gasteiger partial charge in [0.05, 0.1) is 0 Å². The van der Waals surface area contributed by atoms with Gasteiger partial charge in [-0.05, 0) is 43.3 Å². The van der Waals surface area contributed by atoms with E-state index in [0.717, 1.165) is 11.8 Å². The van der Waals surface area contributed by atoms with Gasteiger partial charge in [-0.1, -0.05) is 12.8 Å². The van der Waals surface area contributed by atoms with Gasteiger partial charge >= 0.3 is 0 Å². The van der Waals surface area contributed by atoms with Crippen LogP contribution in [0.25, 0.3) is 0 Å². The third-order valence-corrected chi connectivity index (χ3v) is 3.49. The molecule has 0 aromatic carbocycles. The Bertz CT molecular complexity index is 185. The van der Waals surface area contributed by atoms with E-state index in [0.29, 0.717) is 11.2 Å². The molecule has 3 saturated carbocycles. The lowest BCUT2D eigenvalue weighted by molar-refractivity contribution is 0.136. The summed E-state index contributed by atoms with van der Waals surface area (Å²) in [4.78, 5) is 0. The van der Waals surface area contributed by atoms with Crippen molar-refractivity contribution in [1.82, 2.24) is 5.32 Å². The van der Waals surface area contributed by atoms with Crippen molar-refractivity contribution in [3.63, 3.8) is 0 Å². The lowest BCUT2D eigenvalue weighted by Gasteiger charge is -2.42. The Morgan fingerprint density at radius 3 is 2.33 bits per heavy atom. The first-order chi connectivity index (χ1) is 5.75. The van der Waals surface area contributed by atoms with E-state index in [1.165, 1.54) is 32.1 Å². The van der Waals surface area contributed by atoms with Gasteiger partial charge in [0, 0.05) is 6.04 Å². The summed E-state index contributed by atoms with van der Waals surface area (Å²) in [7, 11) is 0. The number of thiocarbonyl (C=S) groups is 1. The predicted octanol–water partition coefficient (Wildman–Crippen LogP) is 1.40. The van der Waals surface area contributed by atoms with Crippen LogP contribution in [0.3, 0.4) is 0 Å². The standard InChI is InChI=1S/C9H16N2S/c10-9(12)11-8-5-6-1-3-7(8)4-2-6/h6-8H,1-5H2,(H3,10,11,12). The first kappa shape index (κ1) is 8.30. The highest BCUT2D eigenvalue weighted by Crippen LogP contribution is 2.41. The molecule has 0 heterocycles. The zero-order chi connectivity index (χ0) is 8.55. The Balaban J connectivity index is 1.95. The highest BCUT2D eigenvalue weighted by Gasteiger charge is 2.35. The molecule has 3 aliphatic rings. The molecule has 3 N–H and O–H groups in total. The third kappa shape index (κ3) is 1.56. The van der Waals surface area contributed by atoms with Gasteiger partial charge < -0.3 is 11.1 Å². The zero-order valence-corrected chi connectivity index (χ0v) is 8.07. The van der Waals surface area contributed by atoms with Gasteiger partial charge in [0.1, 0.15) is 0 Å². The third-order valence-electron chi connectivity index (χ3n) is 3.38. The molecular formula is C9H16N2S. The molecule has 3 aliphatic carbocycles. The van der Waals surface area contributed by atoms with Crippen LogP contribution in [0.1, 0.15) is 32.1 Å². The van der Waals surface area contributed by atoms with Crippen molar-refractivity contribution in [3.05, 3.63) is 0 Å². The summed E-state index contributed by atoms with van der Waals surface area (Å²) in [6.07, 6.45) is 6.91. The molecule has 12 heavy (non-hydrogen) atoms. The molecule has 1 unspecified atom stereocenters. The van der Waals surface area contributed by atoms with Gasteiger partial charge in [-0.15, -0.1) is 0 Å². The molecule has 0 aliphatic heterocycles. The summed E-state index contributed by atoms with van der Waals surface area (Å²) >= 11 is 4.86. The topological polar surface area (TPSA) is 38.0 Å². The molecule has 3 rings (SSSR count). The minimum atomic E-state index is 0.479. The maximum absolute atomic E-state index is 5.48. The molecule has 0 saturated heterocycles. The highest BCUT2D eigenvalue weighted by atomic mass is 32.1.